The third-order valence-electron chi connectivity index (χ3n) is 2.26. The molecule has 1 N–H and O–H groups in total. The van der Waals surface area contributed by atoms with E-state index in [4.69, 9.17) is 14.3 Å². The molecule has 0 aliphatic carbocycles. The van der Waals surface area contributed by atoms with Crippen LogP contribution in [0.3, 0.4) is 0 Å². The van der Waals surface area contributed by atoms with Crippen molar-refractivity contribution >= 4 is 5.91 Å². The summed E-state index contributed by atoms with van der Waals surface area (Å²) >= 11 is 0. The molecular weight excluding hydrogens is 226 g/mol. The Morgan fingerprint density at radius 3 is 2.82 bits per heavy atom. The van der Waals surface area contributed by atoms with Crippen molar-refractivity contribution in [3.8, 4) is 5.75 Å². The topological polar surface area (TPSA) is 80.0 Å². The van der Waals surface area contributed by atoms with Gasteiger partial charge in [0.15, 0.2) is 6.61 Å². The van der Waals surface area contributed by atoms with Crippen LogP contribution in [0.5, 0.6) is 5.75 Å². The van der Waals surface area contributed by atoms with Gasteiger partial charge in [-0.2, -0.15) is 0 Å². The van der Waals surface area contributed by atoms with Gasteiger partial charge >= 0.3 is 0 Å². The molecule has 0 unspecified atom stereocenters. The number of carbonyl (C=O) groups is 1. The number of aliphatic hydroxyl groups is 1. The van der Waals surface area contributed by atoms with Crippen molar-refractivity contribution in [3.63, 3.8) is 0 Å². The summed E-state index contributed by atoms with van der Waals surface area (Å²) in [5.41, 5.74) is -0.424. The average molecular weight is 241 g/mol. The molecule has 0 bridgehead atoms. The molecule has 0 saturated carbocycles. The van der Waals surface area contributed by atoms with E-state index in [1.807, 2.05) is 6.92 Å². The molecule has 6 nitrogen and oxygen atoms in total. The van der Waals surface area contributed by atoms with Gasteiger partial charge in [-0.15, -0.1) is 0 Å². The van der Waals surface area contributed by atoms with Crippen LogP contribution in [0.15, 0.2) is 21.5 Å². The van der Waals surface area contributed by atoms with Crippen molar-refractivity contribution in [2.24, 2.45) is 0 Å². The van der Waals surface area contributed by atoms with E-state index < -0.39 is 5.43 Å². The summed E-state index contributed by atoms with van der Waals surface area (Å²) < 4.78 is 9.95. The first-order valence-corrected chi connectivity index (χ1v) is 5.17. The van der Waals surface area contributed by atoms with E-state index >= 15 is 0 Å². The molecule has 1 aromatic heterocycles. The van der Waals surface area contributed by atoms with Crippen LogP contribution in [0.25, 0.3) is 0 Å². The molecule has 6 heteroatoms. The van der Waals surface area contributed by atoms with E-state index in [1.54, 1.807) is 7.05 Å². The molecule has 1 aromatic rings. The van der Waals surface area contributed by atoms with Gasteiger partial charge in [0.25, 0.3) is 5.91 Å². The molecule has 94 valence electrons. The second-order valence-corrected chi connectivity index (χ2v) is 3.43. The van der Waals surface area contributed by atoms with Crippen molar-refractivity contribution in [2.45, 2.75) is 13.5 Å². The van der Waals surface area contributed by atoms with Gasteiger partial charge in [0, 0.05) is 19.7 Å². The fraction of sp³-hybridized carbons (Fsp3) is 0.455. The molecular formula is C11H15NO5. The number of rotatable bonds is 5. The zero-order valence-corrected chi connectivity index (χ0v) is 9.80. The first-order valence-electron chi connectivity index (χ1n) is 5.17. The van der Waals surface area contributed by atoms with Crippen LogP contribution in [0, 0.1) is 0 Å². The van der Waals surface area contributed by atoms with Crippen molar-refractivity contribution < 1.29 is 19.1 Å². The highest BCUT2D eigenvalue weighted by molar-refractivity contribution is 5.77. The van der Waals surface area contributed by atoms with Gasteiger partial charge in [-0.05, 0) is 6.92 Å². The third kappa shape index (κ3) is 3.60. The number of hydrogen-bond donors (Lipinski definition) is 1. The van der Waals surface area contributed by atoms with Gasteiger partial charge in [0.2, 0.25) is 11.2 Å². The number of aliphatic hydroxyl groups excluding tert-OH is 1. The van der Waals surface area contributed by atoms with Crippen LogP contribution in [0.4, 0.5) is 0 Å². The molecule has 17 heavy (non-hydrogen) atoms. The van der Waals surface area contributed by atoms with Crippen molar-refractivity contribution in [1.29, 1.82) is 0 Å². The summed E-state index contributed by atoms with van der Waals surface area (Å²) in [5, 5.41) is 8.74. The lowest BCUT2D eigenvalue weighted by Gasteiger charge is -2.14. The van der Waals surface area contributed by atoms with Crippen LogP contribution < -0.4 is 10.2 Å². The lowest BCUT2D eigenvalue weighted by atomic mass is 10.4. The monoisotopic (exact) mass is 241 g/mol. The van der Waals surface area contributed by atoms with E-state index in [-0.39, 0.29) is 30.6 Å². The fourth-order valence-corrected chi connectivity index (χ4v) is 1.05. The lowest BCUT2D eigenvalue weighted by Crippen LogP contribution is -2.31. The van der Waals surface area contributed by atoms with Gasteiger partial charge < -0.3 is 19.2 Å². The number of ether oxygens (including phenoxy) is 1. The molecule has 1 rings (SSSR count). The highest BCUT2D eigenvalue weighted by Gasteiger charge is 2.10. The van der Waals surface area contributed by atoms with Crippen molar-refractivity contribution in [2.75, 3.05) is 20.2 Å². The summed E-state index contributed by atoms with van der Waals surface area (Å²) in [5.74, 6) is -0.113. The summed E-state index contributed by atoms with van der Waals surface area (Å²) in [4.78, 5) is 24.3. The molecule has 1 amide bonds. The van der Waals surface area contributed by atoms with Gasteiger partial charge in [-0.3, -0.25) is 9.59 Å². The minimum atomic E-state index is -0.424. The zero-order valence-electron chi connectivity index (χ0n) is 9.80. The van der Waals surface area contributed by atoms with E-state index in [9.17, 15) is 9.59 Å². The number of hydrogen-bond acceptors (Lipinski definition) is 5. The van der Waals surface area contributed by atoms with Crippen LogP contribution in [-0.2, 0) is 11.4 Å². The smallest absolute Gasteiger partial charge is 0.260 e. The summed E-state index contributed by atoms with van der Waals surface area (Å²) in [6, 6.07) is 1.13. The SMILES string of the molecule is CCN(C)C(=O)COc1coc(CO)cc1=O. The second-order valence-electron chi connectivity index (χ2n) is 3.43. The number of likely N-dealkylation sites (N-methyl/N-ethyl adjacent to an activating group) is 1. The van der Waals surface area contributed by atoms with E-state index in [0.29, 0.717) is 6.54 Å². The number of carbonyl (C=O) groups excluding carboxylic acids is 1. The second kappa shape index (κ2) is 6.05. The van der Waals surface area contributed by atoms with Gasteiger partial charge in [0.1, 0.15) is 18.6 Å². The first kappa shape index (κ1) is 13.2. The molecule has 0 atom stereocenters. The Morgan fingerprint density at radius 2 is 2.29 bits per heavy atom. The number of amides is 1. The van der Waals surface area contributed by atoms with Crippen LogP contribution in [0.1, 0.15) is 12.7 Å². The Hall–Kier alpha value is -1.82. The van der Waals surface area contributed by atoms with Crippen molar-refractivity contribution in [3.05, 3.63) is 28.3 Å². The van der Waals surface area contributed by atoms with Crippen LogP contribution in [0.2, 0.25) is 0 Å². The maximum atomic E-state index is 11.4. The summed E-state index contributed by atoms with van der Waals surface area (Å²) in [6.45, 7) is 1.84. The normalized spacial score (nSPS) is 10.1. The molecule has 1 heterocycles. The van der Waals surface area contributed by atoms with Crippen LogP contribution >= 0.6 is 0 Å². The summed E-state index contributed by atoms with van der Waals surface area (Å²) in [6.07, 6.45) is 1.09. The third-order valence-corrected chi connectivity index (χ3v) is 2.26. The van der Waals surface area contributed by atoms with Gasteiger partial charge in [-0.25, -0.2) is 0 Å². The summed E-state index contributed by atoms with van der Waals surface area (Å²) in [7, 11) is 1.64. The van der Waals surface area contributed by atoms with E-state index in [1.165, 1.54) is 4.90 Å². The first-order chi connectivity index (χ1) is 8.08. The molecule has 0 aliphatic rings. The molecule has 0 fully saturated rings. The quantitative estimate of drug-likeness (QED) is 0.784. The van der Waals surface area contributed by atoms with Gasteiger partial charge in [-0.1, -0.05) is 0 Å². The predicted octanol–water partition coefficient (Wildman–Crippen LogP) is -0.0108. The Labute approximate surface area is 98.4 Å². The van der Waals surface area contributed by atoms with E-state index in [2.05, 4.69) is 0 Å². The zero-order chi connectivity index (χ0) is 12.8. The molecule has 0 saturated heterocycles. The molecule has 0 radical (unpaired) electrons. The maximum Gasteiger partial charge on any atom is 0.260 e. The largest absolute Gasteiger partial charge is 0.477 e. The highest BCUT2D eigenvalue weighted by Crippen LogP contribution is 2.05. The Kier molecular flexibility index (Phi) is 4.71. The molecule has 0 spiro atoms. The Bertz CT molecular complexity index is 440. The Morgan fingerprint density at radius 1 is 1.59 bits per heavy atom. The maximum absolute atomic E-state index is 11.4. The standard InChI is InChI=1S/C11H15NO5/c1-3-12(2)11(15)7-17-10-6-16-8(5-13)4-9(10)14/h4,6,13H,3,5,7H2,1-2H3. The predicted molar refractivity (Wildman–Crippen MR) is 59.7 cm³/mol. The lowest BCUT2D eigenvalue weighted by molar-refractivity contribution is -0.131. The fourth-order valence-electron chi connectivity index (χ4n) is 1.05. The molecule has 0 aromatic carbocycles. The van der Waals surface area contributed by atoms with Crippen LogP contribution in [-0.4, -0.2) is 36.1 Å². The Balaban J connectivity index is 2.64. The molecule has 0 aliphatic heterocycles. The van der Waals surface area contributed by atoms with Gasteiger partial charge in [0.05, 0.1) is 0 Å². The minimum absolute atomic E-state index is 0.0416. The number of nitrogens with zero attached hydrogens (tertiary/aromatic N) is 1. The van der Waals surface area contributed by atoms with E-state index in [0.717, 1.165) is 12.3 Å². The minimum Gasteiger partial charge on any atom is -0.477 e. The highest BCUT2D eigenvalue weighted by atomic mass is 16.5. The van der Waals surface area contributed by atoms with Crippen molar-refractivity contribution in [1.82, 2.24) is 4.90 Å². The average Bonchev–Trinajstić information content (AvgIpc) is 2.35.